The summed E-state index contributed by atoms with van der Waals surface area (Å²) in [6, 6.07) is 6.88. The molecule has 2 bridgehead atoms. The molecule has 1 aromatic carbocycles. The number of hydrogen-bond acceptors (Lipinski definition) is 3. The number of carbonyl (C=O) groups is 1. The Bertz CT molecular complexity index is 863. The number of imidazole rings is 1. The van der Waals surface area contributed by atoms with Crippen LogP contribution in [-0.2, 0) is 6.54 Å². The Morgan fingerprint density at radius 3 is 2.76 bits per heavy atom. The maximum Gasteiger partial charge on any atom is 0.269 e. The first-order valence-corrected chi connectivity index (χ1v) is 9.84. The van der Waals surface area contributed by atoms with Gasteiger partial charge in [0.1, 0.15) is 5.82 Å². The molecule has 4 aliphatic rings. The summed E-state index contributed by atoms with van der Waals surface area (Å²) in [6.45, 7) is 2.96. The fourth-order valence-corrected chi connectivity index (χ4v) is 5.04. The van der Waals surface area contributed by atoms with Gasteiger partial charge in [-0.05, 0) is 62.4 Å². The Morgan fingerprint density at radius 2 is 2.04 bits per heavy atom. The lowest BCUT2D eigenvalue weighted by Gasteiger charge is -2.36. The smallest absolute Gasteiger partial charge is 0.269 e. The largest absolute Gasteiger partial charge is 0.364 e. The molecule has 0 atom stereocenters. The van der Waals surface area contributed by atoms with E-state index in [1.165, 1.54) is 18.4 Å². The standard InChI is InChI=1S/C19H21BrN4O/c20-12-3-4-14-11-7-13(8-11)24-16(10-23-5-1-2-6-23)17(18(21)25)22-19(24)15(14)9-12/h3-4,9,11,13H,1-2,5-8,10H2,(H2,21,25). The van der Waals surface area contributed by atoms with Crippen LogP contribution < -0.4 is 5.73 Å². The van der Waals surface area contributed by atoms with E-state index in [1.807, 2.05) is 0 Å². The zero-order chi connectivity index (χ0) is 17.1. The van der Waals surface area contributed by atoms with Gasteiger partial charge in [-0.2, -0.15) is 0 Å². The third-order valence-corrected chi connectivity index (χ3v) is 6.48. The van der Waals surface area contributed by atoms with Crippen LogP contribution in [0.25, 0.3) is 11.4 Å². The van der Waals surface area contributed by atoms with E-state index in [4.69, 9.17) is 10.7 Å². The van der Waals surface area contributed by atoms with E-state index in [-0.39, 0.29) is 0 Å². The highest BCUT2D eigenvalue weighted by molar-refractivity contribution is 9.10. The molecular weight excluding hydrogens is 380 g/mol. The molecule has 1 aliphatic carbocycles. The molecule has 1 saturated heterocycles. The van der Waals surface area contributed by atoms with Gasteiger partial charge in [0.15, 0.2) is 5.69 Å². The van der Waals surface area contributed by atoms with E-state index in [9.17, 15) is 4.79 Å². The molecule has 2 aromatic rings. The number of likely N-dealkylation sites (tertiary alicyclic amines) is 1. The molecule has 1 amide bonds. The summed E-state index contributed by atoms with van der Waals surface area (Å²) < 4.78 is 3.37. The van der Waals surface area contributed by atoms with Crippen LogP contribution >= 0.6 is 15.9 Å². The van der Waals surface area contributed by atoms with Crippen LogP contribution in [0.3, 0.4) is 0 Å². The van der Waals surface area contributed by atoms with E-state index in [0.29, 0.717) is 17.7 Å². The predicted octanol–water partition coefficient (Wildman–Crippen LogP) is 3.44. The lowest BCUT2D eigenvalue weighted by molar-refractivity contribution is 0.0993. The highest BCUT2D eigenvalue weighted by Crippen LogP contribution is 2.53. The number of nitrogens with zero attached hydrogens (tertiary/aromatic N) is 3. The van der Waals surface area contributed by atoms with Crippen molar-refractivity contribution in [3.8, 4) is 11.4 Å². The van der Waals surface area contributed by atoms with Crippen molar-refractivity contribution in [3.63, 3.8) is 0 Å². The Hall–Kier alpha value is -1.66. The van der Waals surface area contributed by atoms with Gasteiger partial charge in [0.25, 0.3) is 5.91 Å². The van der Waals surface area contributed by atoms with Crippen molar-refractivity contribution in [1.82, 2.24) is 14.5 Å². The molecule has 25 heavy (non-hydrogen) atoms. The summed E-state index contributed by atoms with van der Waals surface area (Å²) in [5.41, 5.74) is 9.68. The molecule has 5 nitrogen and oxygen atoms in total. The first-order chi connectivity index (χ1) is 12.1. The third-order valence-electron chi connectivity index (χ3n) is 5.99. The van der Waals surface area contributed by atoms with Gasteiger partial charge in [-0.15, -0.1) is 0 Å². The van der Waals surface area contributed by atoms with Gasteiger partial charge in [0.05, 0.1) is 5.69 Å². The number of aromatic nitrogens is 2. The molecule has 0 unspecified atom stereocenters. The minimum absolute atomic E-state index is 0.415. The molecule has 1 saturated carbocycles. The summed E-state index contributed by atoms with van der Waals surface area (Å²) >= 11 is 3.59. The van der Waals surface area contributed by atoms with Crippen molar-refractivity contribution in [2.75, 3.05) is 13.1 Å². The Morgan fingerprint density at radius 1 is 1.28 bits per heavy atom. The number of hydrogen-bond donors (Lipinski definition) is 1. The second kappa shape index (κ2) is 5.68. The average Bonchev–Trinajstić information content (AvgIpc) is 3.12. The molecule has 0 spiro atoms. The van der Waals surface area contributed by atoms with E-state index in [1.54, 1.807) is 0 Å². The molecule has 0 radical (unpaired) electrons. The zero-order valence-corrected chi connectivity index (χ0v) is 15.6. The SMILES string of the molecule is NC(=O)c1nc2n(c1CN1CCCC1)C1CC(C1)c1ccc(Br)cc1-2. The minimum atomic E-state index is -0.415. The molecule has 2 N–H and O–H groups in total. The van der Waals surface area contributed by atoms with E-state index in [0.717, 1.165) is 54.0 Å². The van der Waals surface area contributed by atoms with Gasteiger partial charge in [0, 0.05) is 22.6 Å². The molecule has 130 valence electrons. The fraction of sp³-hybridized carbons (Fsp3) is 0.474. The lowest BCUT2D eigenvalue weighted by Crippen LogP contribution is -2.28. The molecule has 4 heterocycles. The number of primary amides is 1. The molecule has 1 aromatic heterocycles. The second-order valence-corrected chi connectivity index (χ2v) is 8.42. The van der Waals surface area contributed by atoms with Crippen molar-refractivity contribution in [2.24, 2.45) is 5.73 Å². The summed E-state index contributed by atoms with van der Waals surface area (Å²) in [4.78, 5) is 19.3. The van der Waals surface area contributed by atoms with Gasteiger partial charge >= 0.3 is 0 Å². The van der Waals surface area contributed by atoms with Crippen LogP contribution in [0.2, 0.25) is 0 Å². The van der Waals surface area contributed by atoms with Crippen molar-refractivity contribution >= 4 is 21.8 Å². The maximum atomic E-state index is 12.1. The number of nitrogens with two attached hydrogens (primary N) is 1. The average molecular weight is 401 g/mol. The van der Waals surface area contributed by atoms with Crippen LogP contribution in [0, 0.1) is 0 Å². The molecule has 2 fully saturated rings. The van der Waals surface area contributed by atoms with E-state index < -0.39 is 5.91 Å². The number of benzene rings is 1. The Kier molecular flexibility index (Phi) is 3.54. The minimum Gasteiger partial charge on any atom is -0.364 e. The number of carbonyl (C=O) groups excluding carboxylic acids is 1. The first-order valence-electron chi connectivity index (χ1n) is 9.05. The van der Waals surface area contributed by atoms with Gasteiger partial charge in [0.2, 0.25) is 0 Å². The monoisotopic (exact) mass is 400 g/mol. The topological polar surface area (TPSA) is 64.2 Å². The summed E-state index contributed by atoms with van der Waals surface area (Å²) in [5.74, 6) is 1.11. The maximum absolute atomic E-state index is 12.1. The predicted molar refractivity (Wildman–Crippen MR) is 99.4 cm³/mol. The Labute approximate surface area is 155 Å². The van der Waals surface area contributed by atoms with Crippen molar-refractivity contribution < 1.29 is 4.79 Å². The van der Waals surface area contributed by atoms with Crippen LogP contribution in [0.5, 0.6) is 0 Å². The van der Waals surface area contributed by atoms with Gasteiger partial charge < -0.3 is 10.3 Å². The van der Waals surface area contributed by atoms with Gasteiger partial charge in [-0.1, -0.05) is 22.0 Å². The van der Waals surface area contributed by atoms with E-state index >= 15 is 0 Å². The van der Waals surface area contributed by atoms with Gasteiger partial charge in [-0.25, -0.2) is 4.98 Å². The van der Waals surface area contributed by atoms with Crippen molar-refractivity contribution in [3.05, 3.63) is 39.6 Å². The number of amides is 1. The molecule has 6 rings (SSSR count). The number of halogens is 1. The molecular formula is C19H21BrN4O. The summed E-state index contributed by atoms with van der Waals surface area (Å²) in [5, 5.41) is 0. The summed E-state index contributed by atoms with van der Waals surface area (Å²) in [7, 11) is 0. The van der Waals surface area contributed by atoms with Crippen molar-refractivity contribution in [1.29, 1.82) is 0 Å². The molecule has 3 aliphatic heterocycles. The third kappa shape index (κ3) is 2.38. The van der Waals surface area contributed by atoms with E-state index in [2.05, 4.69) is 43.6 Å². The van der Waals surface area contributed by atoms with Crippen LogP contribution in [0.15, 0.2) is 22.7 Å². The normalized spacial score (nSPS) is 24.4. The molecule has 6 heteroatoms. The lowest BCUT2D eigenvalue weighted by atomic mass is 9.75. The number of rotatable bonds is 3. The van der Waals surface area contributed by atoms with Crippen LogP contribution in [0.1, 0.15) is 59.4 Å². The van der Waals surface area contributed by atoms with Crippen molar-refractivity contribution in [2.45, 2.75) is 44.2 Å². The first kappa shape index (κ1) is 15.6. The van der Waals surface area contributed by atoms with Crippen LogP contribution in [-0.4, -0.2) is 33.4 Å². The fourth-order valence-electron chi connectivity index (χ4n) is 4.68. The highest BCUT2D eigenvalue weighted by Gasteiger charge is 2.41. The Balaban J connectivity index is 1.70. The van der Waals surface area contributed by atoms with Crippen LogP contribution in [0.4, 0.5) is 0 Å². The van der Waals surface area contributed by atoms with Gasteiger partial charge in [-0.3, -0.25) is 9.69 Å². The summed E-state index contributed by atoms with van der Waals surface area (Å²) in [6.07, 6.45) is 4.72. The quantitative estimate of drug-likeness (QED) is 0.857. The second-order valence-electron chi connectivity index (χ2n) is 7.50. The highest BCUT2D eigenvalue weighted by atomic mass is 79.9. The zero-order valence-electron chi connectivity index (χ0n) is 14.0.